The third-order valence-corrected chi connectivity index (χ3v) is 4.17. The zero-order chi connectivity index (χ0) is 16.3. The SMILES string of the molecule is COc1cc(C(=O)OCc2ncc(Cl)n2C)cc(OC)c1Br. The minimum Gasteiger partial charge on any atom is -0.495 e. The fourth-order valence-corrected chi connectivity index (χ4v) is 2.46. The van der Waals surface area contributed by atoms with Crippen molar-refractivity contribution in [1.29, 1.82) is 0 Å². The Balaban J connectivity index is 2.17. The van der Waals surface area contributed by atoms with Crippen LogP contribution in [0, 0.1) is 0 Å². The zero-order valence-corrected chi connectivity index (χ0v) is 14.6. The number of halogens is 2. The number of carbonyl (C=O) groups is 1. The van der Waals surface area contributed by atoms with Gasteiger partial charge >= 0.3 is 5.97 Å². The summed E-state index contributed by atoms with van der Waals surface area (Å²) in [5, 5.41) is 0.470. The maximum Gasteiger partial charge on any atom is 0.338 e. The van der Waals surface area contributed by atoms with Gasteiger partial charge in [-0.15, -0.1) is 0 Å². The molecule has 2 aromatic rings. The van der Waals surface area contributed by atoms with E-state index < -0.39 is 5.97 Å². The summed E-state index contributed by atoms with van der Waals surface area (Å²) in [5.41, 5.74) is 0.317. The second kappa shape index (κ2) is 7.02. The van der Waals surface area contributed by atoms with Crippen LogP contribution >= 0.6 is 27.5 Å². The fraction of sp³-hybridized carbons (Fsp3) is 0.286. The third-order valence-electron chi connectivity index (χ3n) is 3.04. The van der Waals surface area contributed by atoms with E-state index in [0.29, 0.717) is 32.5 Å². The van der Waals surface area contributed by atoms with Gasteiger partial charge in [0.1, 0.15) is 33.6 Å². The van der Waals surface area contributed by atoms with Crippen molar-refractivity contribution in [2.24, 2.45) is 7.05 Å². The first-order valence-electron chi connectivity index (χ1n) is 6.22. The maximum atomic E-state index is 12.2. The molecule has 6 nitrogen and oxygen atoms in total. The molecule has 2 rings (SSSR count). The number of carbonyl (C=O) groups excluding carboxylic acids is 1. The Bertz CT molecular complexity index is 677. The topological polar surface area (TPSA) is 62.6 Å². The molecule has 8 heteroatoms. The Labute approximate surface area is 141 Å². The van der Waals surface area contributed by atoms with E-state index in [2.05, 4.69) is 20.9 Å². The van der Waals surface area contributed by atoms with E-state index in [-0.39, 0.29) is 6.61 Å². The lowest BCUT2D eigenvalue weighted by Gasteiger charge is -2.11. The number of esters is 1. The van der Waals surface area contributed by atoms with Crippen LogP contribution in [0.15, 0.2) is 22.8 Å². The van der Waals surface area contributed by atoms with Crippen LogP contribution in [0.1, 0.15) is 16.2 Å². The van der Waals surface area contributed by atoms with Gasteiger partial charge in [-0.25, -0.2) is 9.78 Å². The molecule has 1 heterocycles. The Hall–Kier alpha value is -1.73. The zero-order valence-electron chi connectivity index (χ0n) is 12.2. The van der Waals surface area contributed by atoms with Crippen LogP contribution in [0.4, 0.5) is 0 Å². The Morgan fingerprint density at radius 3 is 2.36 bits per heavy atom. The van der Waals surface area contributed by atoms with Gasteiger partial charge < -0.3 is 18.8 Å². The first-order chi connectivity index (χ1) is 10.5. The average Bonchev–Trinajstić information content (AvgIpc) is 2.84. The van der Waals surface area contributed by atoms with E-state index in [1.54, 1.807) is 23.7 Å². The molecule has 0 radical (unpaired) electrons. The summed E-state index contributed by atoms with van der Waals surface area (Å²) in [4.78, 5) is 16.2. The number of nitrogens with zero attached hydrogens (tertiary/aromatic N) is 2. The second-order valence-corrected chi connectivity index (χ2v) is 5.51. The van der Waals surface area contributed by atoms with Gasteiger partial charge in [-0.3, -0.25) is 0 Å². The van der Waals surface area contributed by atoms with Gasteiger partial charge in [0.2, 0.25) is 0 Å². The van der Waals surface area contributed by atoms with Crippen molar-refractivity contribution in [3.63, 3.8) is 0 Å². The molecule has 0 saturated heterocycles. The Kier molecular flexibility index (Phi) is 5.31. The van der Waals surface area contributed by atoms with Crippen molar-refractivity contribution in [2.75, 3.05) is 14.2 Å². The molecule has 22 heavy (non-hydrogen) atoms. The molecule has 0 N–H and O–H groups in total. The van der Waals surface area contributed by atoms with Gasteiger partial charge in [0.25, 0.3) is 0 Å². The van der Waals surface area contributed by atoms with Crippen LogP contribution in [0.25, 0.3) is 0 Å². The largest absolute Gasteiger partial charge is 0.495 e. The average molecular weight is 390 g/mol. The van der Waals surface area contributed by atoms with Crippen molar-refractivity contribution in [2.45, 2.75) is 6.61 Å². The molecule has 0 saturated carbocycles. The maximum absolute atomic E-state index is 12.2. The summed E-state index contributed by atoms with van der Waals surface area (Å²) in [6.45, 7) is 0.0166. The van der Waals surface area contributed by atoms with Crippen LogP contribution < -0.4 is 9.47 Å². The molecule has 118 valence electrons. The van der Waals surface area contributed by atoms with Crippen LogP contribution in [-0.4, -0.2) is 29.7 Å². The lowest BCUT2D eigenvalue weighted by Crippen LogP contribution is -2.09. The molecular weight excluding hydrogens is 376 g/mol. The quantitative estimate of drug-likeness (QED) is 0.735. The highest BCUT2D eigenvalue weighted by Gasteiger charge is 2.16. The molecule has 0 spiro atoms. The minimum atomic E-state index is -0.511. The van der Waals surface area contributed by atoms with Crippen LogP contribution in [0.2, 0.25) is 5.15 Å². The van der Waals surface area contributed by atoms with E-state index >= 15 is 0 Å². The van der Waals surface area contributed by atoms with Gasteiger partial charge in [0.15, 0.2) is 0 Å². The molecule has 0 atom stereocenters. The number of rotatable bonds is 5. The smallest absolute Gasteiger partial charge is 0.338 e. The van der Waals surface area contributed by atoms with Gasteiger partial charge in [0.05, 0.1) is 26.0 Å². The summed E-state index contributed by atoms with van der Waals surface area (Å²) in [5.74, 6) is 0.996. The highest BCUT2D eigenvalue weighted by atomic mass is 79.9. The fourth-order valence-electron chi connectivity index (χ4n) is 1.76. The molecule has 1 aromatic carbocycles. The van der Waals surface area contributed by atoms with Crippen molar-refractivity contribution in [3.8, 4) is 11.5 Å². The van der Waals surface area contributed by atoms with E-state index in [9.17, 15) is 4.79 Å². The van der Waals surface area contributed by atoms with Gasteiger partial charge in [-0.1, -0.05) is 11.6 Å². The summed E-state index contributed by atoms with van der Waals surface area (Å²) < 4.78 is 17.9. The number of benzene rings is 1. The van der Waals surface area contributed by atoms with E-state index in [4.69, 9.17) is 25.8 Å². The third kappa shape index (κ3) is 3.36. The van der Waals surface area contributed by atoms with Crippen LogP contribution in [0.5, 0.6) is 11.5 Å². The van der Waals surface area contributed by atoms with Crippen molar-refractivity contribution < 1.29 is 19.0 Å². The molecule has 0 unspecified atom stereocenters. The van der Waals surface area contributed by atoms with Gasteiger partial charge in [-0.05, 0) is 28.1 Å². The highest BCUT2D eigenvalue weighted by molar-refractivity contribution is 9.10. The molecule has 0 bridgehead atoms. The van der Waals surface area contributed by atoms with Gasteiger partial charge in [0, 0.05) is 7.05 Å². The standard InChI is InChI=1S/C14H14BrClN2O4/c1-18-11(16)6-17-12(18)7-22-14(19)8-4-9(20-2)13(15)10(5-8)21-3/h4-6H,7H2,1-3H3. The predicted molar refractivity (Wildman–Crippen MR) is 84.6 cm³/mol. The number of ether oxygens (including phenoxy) is 3. The number of aromatic nitrogens is 2. The molecule has 0 aliphatic rings. The molecule has 0 amide bonds. The molecule has 0 aliphatic carbocycles. The first kappa shape index (κ1) is 16.6. The summed E-state index contributed by atoms with van der Waals surface area (Å²) in [6.07, 6.45) is 1.50. The predicted octanol–water partition coefficient (Wildman–Crippen LogP) is 3.21. The summed E-state index contributed by atoms with van der Waals surface area (Å²) in [7, 11) is 4.75. The van der Waals surface area contributed by atoms with Gasteiger partial charge in [-0.2, -0.15) is 0 Å². The van der Waals surface area contributed by atoms with E-state index in [0.717, 1.165) is 0 Å². The number of imidazole rings is 1. The normalized spacial score (nSPS) is 10.4. The van der Waals surface area contributed by atoms with Crippen LogP contribution in [-0.2, 0) is 18.4 Å². The monoisotopic (exact) mass is 388 g/mol. The van der Waals surface area contributed by atoms with Crippen molar-refractivity contribution >= 4 is 33.5 Å². The summed E-state index contributed by atoms with van der Waals surface area (Å²) >= 11 is 9.22. The molecule has 1 aromatic heterocycles. The molecule has 0 aliphatic heterocycles. The van der Waals surface area contributed by atoms with E-state index in [1.807, 2.05) is 0 Å². The Morgan fingerprint density at radius 1 is 1.32 bits per heavy atom. The highest BCUT2D eigenvalue weighted by Crippen LogP contribution is 2.35. The second-order valence-electron chi connectivity index (χ2n) is 4.33. The molecular formula is C14H14BrClN2O4. The number of methoxy groups -OCH3 is 2. The van der Waals surface area contributed by atoms with Crippen LogP contribution in [0.3, 0.4) is 0 Å². The lowest BCUT2D eigenvalue weighted by molar-refractivity contribution is 0.0458. The van der Waals surface area contributed by atoms with Crippen molar-refractivity contribution in [3.05, 3.63) is 39.3 Å². The Morgan fingerprint density at radius 2 is 1.91 bits per heavy atom. The van der Waals surface area contributed by atoms with E-state index in [1.165, 1.54) is 20.4 Å². The summed E-state index contributed by atoms with van der Waals surface area (Å²) in [6, 6.07) is 3.14. The lowest BCUT2D eigenvalue weighted by atomic mass is 10.2. The minimum absolute atomic E-state index is 0.0166. The first-order valence-corrected chi connectivity index (χ1v) is 7.39. The molecule has 0 fully saturated rings. The number of hydrogen-bond donors (Lipinski definition) is 0. The van der Waals surface area contributed by atoms with Crippen molar-refractivity contribution in [1.82, 2.24) is 9.55 Å². The number of hydrogen-bond acceptors (Lipinski definition) is 5.